The van der Waals surface area contributed by atoms with Crippen molar-refractivity contribution < 1.29 is 37.0 Å². The maximum atomic E-state index is 14.4. The molecule has 2 aromatic carbocycles. The second-order valence-electron chi connectivity index (χ2n) is 11.2. The molecule has 5 rings (SSSR count). The molecule has 1 aromatic heterocycles. The summed E-state index contributed by atoms with van der Waals surface area (Å²) >= 11 is 0. The molecule has 3 aromatic rings. The second-order valence-corrected chi connectivity index (χ2v) is 11.2. The number of carboxylic acid groups (broad SMARTS) is 1. The minimum atomic E-state index is -4.78. The number of nitrogens with one attached hydrogen (secondary N) is 1. The SMILES string of the molecule is CC[C@@H]1CCCN1Cc1cc(NC(=O)c2ccc(N3CCC(F)(C(=O)O)CC3)cc2)ncc1-c1ccc(OC(F)(F)F)cc1.Cl.Cl. The zero-order valence-electron chi connectivity index (χ0n) is 25.1. The third kappa shape index (κ3) is 8.80. The van der Waals surface area contributed by atoms with Gasteiger partial charge in [0.05, 0.1) is 0 Å². The molecule has 0 saturated carbocycles. The van der Waals surface area contributed by atoms with Crippen LogP contribution < -0.4 is 15.0 Å². The van der Waals surface area contributed by atoms with Crippen LogP contribution in [-0.4, -0.2) is 64.6 Å². The summed E-state index contributed by atoms with van der Waals surface area (Å²) in [6.45, 7) is 4.16. The number of piperidine rings is 1. The topological polar surface area (TPSA) is 95.0 Å². The quantitative estimate of drug-likeness (QED) is 0.225. The largest absolute Gasteiger partial charge is 0.573 e. The van der Waals surface area contributed by atoms with Gasteiger partial charge in [-0.1, -0.05) is 19.1 Å². The van der Waals surface area contributed by atoms with Crippen LogP contribution in [0.4, 0.5) is 29.1 Å². The number of carbonyl (C=O) groups excluding carboxylic acids is 1. The third-order valence-electron chi connectivity index (χ3n) is 8.41. The maximum absolute atomic E-state index is 14.4. The van der Waals surface area contributed by atoms with Crippen LogP contribution in [0.1, 0.15) is 54.9 Å². The fraction of sp³-hybridized carbons (Fsp3) is 0.406. The first-order valence-electron chi connectivity index (χ1n) is 14.6. The number of alkyl halides is 4. The second kappa shape index (κ2) is 15.3. The van der Waals surface area contributed by atoms with E-state index >= 15 is 0 Å². The van der Waals surface area contributed by atoms with E-state index in [2.05, 4.69) is 26.9 Å². The molecule has 46 heavy (non-hydrogen) atoms. The standard InChI is InChI=1S/C32H34F4N4O4.2ClH/c1-2-24-4-3-15-40(24)20-23-18-28(37-19-27(23)21-7-11-26(12-8-21)44-32(34,35)36)38-29(41)22-5-9-25(10-6-22)39-16-13-31(33,14-17-39)30(42)43;;/h5-12,18-19,24H,2-4,13-17,20H2,1H3,(H,42,43)(H,37,38,41);2*1H/t24-;;/m1../s1. The lowest BCUT2D eigenvalue weighted by atomic mass is 9.93. The van der Waals surface area contributed by atoms with E-state index in [9.17, 15) is 27.2 Å². The van der Waals surface area contributed by atoms with E-state index < -0.39 is 18.0 Å². The number of amides is 1. The van der Waals surface area contributed by atoms with E-state index in [1.807, 2.05) is 4.90 Å². The van der Waals surface area contributed by atoms with E-state index in [4.69, 9.17) is 5.11 Å². The molecule has 0 spiro atoms. The summed E-state index contributed by atoms with van der Waals surface area (Å²) in [4.78, 5) is 33.0. The van der Waals surface area contributed by atoms with E-state index in [0.29, 0.717) is 29.5 Å². The van der Waals surface area contributed by atoms with Crippen molar-refractivity contribution in [2.24, 2.45) is 0 Å². The van der Waals surface area contributed by atoms with Crippen molar-refractivity contribution in [1.29, 1.82) is 0 Å². The molecular weight excluding hydrogens is 651 g/mol. The summed E-state index contributed by atoms with van der Waals surface area (Å²) in [5.41, 5.74) is 1.24. The van der Waals surface area contributed by atoms with Gasteiger partial charge in [0.2, 0.25) is 5.67 Å². The minimum Gasteiger partial charge on any atom is -0.479 e. The Labute approximate surface area is 276 Å². The summed E-state index contributed by atoms with van der Waals surface area (Å²) in [5, 5.41) is 12.0. The molecule has 2 aliphatic rings. The Hall–Kier alpha value is -3.61. The van der Waals surface area contributed by atoms with E-state index in [1.54, 1.807) is 48.7 Å². The van der Waals surface area contributed by atoms with Gasteiger partial charge in [-0.3, -0.25) is 9.69 Å². The zero-order chi connectivity index (χ0) is 31.5. The molecule has 14 heteroatoms. The van der Waals surface area contributed by atoms with Gasteiger partial charge in [-0.2, -0.15) is 0 Å². The van der Waals surface area contributed by atoms with Crippen LogP contribution in [0.3, 0.4) is 0 Å². The average molecular weight is 688 g/mol. The molecule has 0 bridgehead atoms. The van der Waals surface area contributed by atoms with E-state index in [1.165, 1.54) is 12.1 Å². The van der Waals surface area contributed by atoms with Crippen LogP contribution >= 0.6 is 24.8 Å². The molecule has 1 amide bonds. The number of nitrogens with zero attached hydrogens (tertiary/aromatic N) is 3. The minimum absolute atomic E-state index is 0. The lowest BCUT2D eigenvalue weighted by molar-refractivity contribution is -0.274. The number of ether oxygens (including phenoxy) is 1. The van der Waals surface area contributed by atoms with Gasteiger partial charge < -0.3 is 20.1 Å². The number of rotatable bonds is 9. The third-order valence-corrected chi connectivity index (χ3v) is 8.41. The van der Waals surface area contributed by atoms with Gasteiger partial charge >= 0.3 is 12.3 Å². The number of aromatic nitrogens is 1. The Morgan fingerprint density at radius 2 is 1.70 bits per heavy atom. The number of hydrogen-bond acceptors (Lipinski definition) is 6. The Kier molecular flexibility index (Phi) is 12.3. The Balaban J connectivity index is 0.00000288. The summed E-state index contributed by atoms with van der Waals surface area (Å²) in [5.74, 6) is -1.79. The van der Waals surface area contributed by atoms with Crippen LogP contribution in [0.5, 0.6) is 5.75 Å². The van der Waals surface area contributed by atoms with Crippen molar-refractivity contribution in [1.82, 2.24) is 9.88 Å². The molecule has 250 valence electrons. The summed E-state index contributed by atoms with van der Waals surface area (Å²) in [6.07, 6.45) is -0.234. The number of carboxylic acids is 1. The summed E-state index contributed by atoms with van der Waals surface area (Å²) in [6, 6.07) is 14.6. The Bertz CT molecular complexity index is 1480. The van der Waals surface area contributed by atoms with Gasteiger partial charge in [0, 0.05) is 61.5 Å². The van der Waals surface area contributed by atoms with Gasteiger partial charge in [0.1, 0.15) is 11.6 Å². The van der Waals surface area contributed by atoms with Crippen molar-refractivity contribution in [2.45, 2.75) is 63.6 Å². The highest BCUT2D eigenvalue weighted by Crippen LogP contribution is 2.33. The van der Waals surface area contributed by atoms with Gasteiger partial charge in [-0.25, -0.2) is 14.2 Å². The Morgan fingerprint density at radius 1 is 1.04 bits per heavy atom. The number of likely N-dealkylation sites (tertiary alicyclic amines) is 1. The highest BCUT2D eigenvalue weighted by atomic mass is 35.5. The molecule has 2 aliphatic heterocycles. The molecular formula is C32H36Cl2F4N4O4. The number of aliphatic carboxylic acids is 1. The zero-order valence-corrected chi connectivity index (χ0v) is 26.7. The van der Waals surface area contributed by atoms with Crippen molar-refractivity contribution in [3.8, 4) is 16.9 Å². The highest BCUT2D eigenvalue weighted by molar-refractivity contribution is 6.04. The monoisotopic (exact) mass is 686 g/mol. The van der Waals surface area contributed by atoms with Crippen LogP contribution in [-0.2, 0) is 11.3 Å². The molecule has 2 fully saturated rings. The number of hydrogen-bond donors (Lipinski definition) is 2. The van der Waals surface area contributed by atoms with Gasteiger partial charge in [-0.15, -0.1) is 38.0 Å². The lowest BCUT2D eigenvalue weighted by Gasteiger charge is -2.35. The van der Waals surface area contributed by atoms with Crippen LogP contribution in [0.2, 0.25) is 0 Å². The van der Waals surface area contributed by atoms with Crippen molar-refractivity contribution in [3.63, 3.8) is 0 Å². The summed E-state index contributed by atoms with van der Waals surface area (Å²) in [7, 11) is 0. The number of anilines is 2. The van der Waals surface area contributed by atoms with Crippen molar-refractivity contribution in [3.05, 3.63) is 71.9 Å². The number of pyridine rings is 1. The first kappa shape index (κ1) is 36.9. The number of carbonyl (C=O) groups is 2. The highest BCUT2D eigenvalue weighted by Gasteiger charge is 2.42. The van der Waals surface area contributed by atoms with Gasteiger partial charge in [-0.05, 0) is 79.4 Å². The van der Waals surface area contributed by atoms with Crippen LogP contribution in [0.25, 0.3) is 11.1 Å². The predicted molar refractivity (Wildman–Crippen MR) is 172 cm³/mol. The predicted octanol–water partition coefficient (Wildman–Crippen LogP) is 7.51. The van der Waals surface area contributed by atoms with Gasteiger partial charge in [0.25, 0.3) is 5.91 Å². The molecule has 0 aliphatic carbocycles. The average Bonchev–Trinajstić information content (AvgIpc) is 3.44. The van der Waals surface area contributed by atoms with Crippen LogP contribution in [0, 0.1) is 0 Å². The molecule has 1 atom stereocenters. The summed E-state index contributed by atoms with van der Waals surface area (Å²) < 4.78 is 56.4. The number of halogens is 6. The lowest BCUT2D eigenvalue weighted by Crippen LogP contribution is -2.46. The van der Waals surface area contributed by atoms with Crippen molar-refractivity contribution >= 4 is 48.2 Å². The molecule has 8 nitrogen and oxygen atoms in total. The van der Waals surface area contributed by atoms with Crippen LogP contribution in [0.15, 0.2) is 60.8 Å². The Morgan fingerprint density at radius 3 is 2.28 bits per heavy atom. The smallest absolute Gasteiger partial charge is 0.479 e. The van der Waals surface area contributed by atoms with Gasteiger partial charge in [0.15, 0.2) is 0 Å². The van der Waals surface area contributed by atoms with E-state index in [0.717, 1.165) is 42.6 Å². The normalized spacial score (nSPS) is 17.8. The fourth-order valence-electron chi connectivity index (χ4n) is 5.92. The number of benzene rings is 2. The van der Waals surface area contributed by atoms with E-state index in [-0.39, 0.29) is 62.4 Å². The molecule has 0 unspecified atom stereocenters. The molecule has 2 N–H and O–H groups in total. The molecule has 2 saturated heterocycles. The molecule has 3 heterocycles. The fourth-order valence-corrected chi connectivity index (χ4v) is 5.92. The first-order valence-corrected chi connectivity index (χ1v) is 14.6. The molecule has 0 radical (unpaired) electrons. The van der Waals surface area contributed by atoms with Crippen molar-refractivity contribution in [2.75, 3.05) is 29.9 Å². The maximum Gasteiger partial charge on any atom is 0.573 e. The first-order chi connectivity index (χ1) is 20.9.